The van der Waals surface area contributed by atoms with Gasteiger partial charge in [-0.25, -0.2) is 18.7 Å². The van der Waals surface area contributed by atoms with Crippen LogP contribution in [0.4, 0.5) is 0 Å². The van der Waals surface area contributed by atoms with Gasteiger partial charge in [-0.15, -0.1) is 0 Å². The van der Waals surface area contributed by atoms with Crippen molar-refractivity contribution in [1.29, 1.82) is 0 Å². The second kappa shape index (κ2) is 7.84. The van der Waals surface area contributed by atoms with E-state index in [1.165, 1.54) is 6.21 Å². The number of hydrogen-bond acceptors (Lipinski definition) is 12. The zero-order valence-corrected chi connectivity index (χ0v) is 16.9. The fraction of sp³-hybridized carbons (Fsp3) is 0.778. The second-order valence-electron chi connectivity index (χ2n) is 5.80. The predicted octanol–water partition coefficient (Wildman–Crippen LogP) is -1.24. The molecule has 0 aromatic carbocycles. The zero-order chi connectivity index (χ0) is 20.9. The molecule has 0 saturated carbocycles. The van der Waals surface area contributed by atoms with E-state index in [9.17, 15) is 29.0 Å². The molecule has 3 aliphatic heterocycles. The summed E-state index contributed by atoms with van der Waals surface area (Å²) in [4.78, 5) is 22.1. The molecule has 28 heavy (non-hydrogen) atoms. The fourth-order valence-electron chi connectivity index (χ4n) is 2.63. The third kappa shape index (κ3) is 4.94. The topological polar surface area (TPSA) is 223 Å². The predicted molar refractivity (Wildman–Crippen MR) is 90.9 cm³/mol. The third-order valence-corrected chi connectivity index (χ3v) is 9.38. The molecule has 2 fully saturated rings. The Morgan fingerprint density at radius 1 is 1.11 bits per heavy atom. The van der Waals surface area contributed by atoms with Gasteiger partial charge in [-0.2, -0.15) is 12.9 Å². The van der Waals surface area contributed by atoms with E-state index in [1.54, 1.807) is 0 Å². The molecule has 2 saturated heterocycles. The summed E-state index contributed by atoms with van der Waals surface area (Å²) in [5.74, 6) is -0.928. The van der Waals surface area contributed by atoms with Crippen LogP contribution in [0, 0.1) is 5.92 Å². The van der Waals surface area contributed by atoms with Gasteiger partial charge in [0.25, 0.3) is 0 Å². The van der Waals surface area contributed by atoms with Gasteiger partial charge >= 0.3 is 23.5 Å². The van der Waals surface area contributed by atoms with Gasteiger partial charge in [0.05, 0.1) is 18.6 Å². The van der Waals surface area contributed by atoms with Crippen molar-refractivity contribution in [3.05, 3.63) is 0 Å². The molecule has 8 unspecified atom stereocenters. The molecule has 0 spiro atoms. The van der Waals surface area contributed by atoms with Crippen LogP contribution in [0.25, 0.3) is 0 Å². The highest BCUT2D eigenvalue weighted by atomic mass is 32.1. The number of nitrogens with one attached hydrogen (secondary N) is 1. The van der Waals surface area contributed by atoms with Gasteiger partial charge in [-0.1, -0.05) is 0 Å². The van der Waals surface area contributed by atoms with E-state index in [2.05, 4.69) is 27.8 Å². The van der Waals surface area contributed by atoms with Gasteiger partial charge < -0.3 is 35.2 Å². The number of hydrogen-bond donors (Lipinski definition) is 6. The number of ether oxygens (including phenoxy) is 1. The summed E-state index contributed by atoms with van der Waals surface area (Å²) < 4.78 is 56.8. The average Bonchev–Trinajstić information content (AvgIpc) is 2.78. The molecule has 0 amide bonds. The summed E-state index contributed by atoms with van der Waals surface area (Å²) in [6.45, 7) is -0.849. The van der Waals surface area contributed by atoms with Crippen molar-refractivity contribution < 1.29 is 61.0 Å². The van der Waals surface area contributed by atoms with E-state index in [1.807, 2.05) is 0 Å². The smallest absolute Gasteiger partial charge is 0.388 e. The van der Waals surface area contributed by atoms with E-state index in [-0.39, 0.29) is 5.11 Å². The number of phosphoric acid groups is 3. The lowest BCUT2D eigenvalue weighted by molar-refractivity contribution is -0.0557. The summed E-state index contributed by atoms with van der Waals surface area (Å²) in [5.41, 5.74) is 0. The number of aliphatic imine (C=N–C) groups is 1. The fourth-order valence-corrected chi connectivity index (χ4v) is 7.75. The molecule has 3 aliphatic rings. The van der Waals surface area contributed by atoms with Gasteiger partial charge in [-0.3, -0.25) is 4.52 Å². The van der Waals surface area contributed by atoms with Crippen LogP contribution < -0.4 is 5.32 Å². The first-order chi connectivity index (χ1) is 12.8. The molecule has 8 atom stereocenters. The maximum absolute atomic E-state index is 12.2. The minimum atomic E-state index is -5.22. The number of thiocarbonyl (C=S) groups is 1. The summed E-state index contributed by atoms with van der Waals surface area (Å²) in [6, 6.07) is 0. The Bertz CT molecular complexity index is 795. The van der Waals surface area contributed by atoms with Gasteiger partial charge in [0.1, 0.15) is 24.5 Å². The summed E-state index contributed by atoms with van der Waals surface area (Å²) >= 11 is 4.75. The van der Waals surface area contributed by atoms with Crippen molar-refractivity contribution in [3.63, 3.8) is 0 Å². The Kier molecular flexibility index (Phi) is 6.31. The molecule has 0 aromatic heterocycles. The first-order valence-corrected chi connectivity index (χ1v) is 12.3. The lowest BCUT2D eigenvalue weighted by Crippen LogP contribution is -2.51. The normalized spacial score (nSPS) is 51.8. The standard InChI is InChI=1S/C9H15N2O13P3S/c12-5-4(2-20-27(19)23-25(15,16)22-26(17,18)24-27)21-7(6(5)13)3-1-10-9(28)11-8(3)14/h1,3-8,12-14H,2H2,(H,11,28)(H,15,16)(H,17,18). The van der Waals surface area contributed by atoms with Crippen LogP contribution in [0.2, 0.25) is 0 Å². The van der Waals surface area contributed by atoms with Crippen molar-refractivity contribution in [3.8, 4) is 0 Å². The lowest BCUT2D eigenvalue weighted by atomic mass is 9.95. The van der Waals surface area contributed by atoms with Crippen molar-refractivity contribution >= 4 is 47.0 Å². The molecule has 3 heterocycles. The van der Waals surface area contributed by atoms with E-state index in [0.717, 1.165) is 0 Å². The molecule has 6 N–H and O–H groups in total. The molecule has 0 aliphatic carbocycles. The van der Waals surface area contributed by atoms with Crippen molar-refractivity contribution in [1.82, 2.24) is 5.32 Å². The second-order valence-corrected chi connectivity index (χ2v) is 11.2. The summed E-state index contributed by atoms with van der Waals surface area (Å²) in [7, 11) is -15.5. The Morgan fingerprint density at radius 3 is 2.29 bits per heavy atom. The molecule has 0 aromatic rings. The molecule has 0 bridgehead atoms. The highest BCUT2D eigenvalue weighted by Crippen LogP contribution is 2.80. The van der Waals surface area contributed by atoms with E-state index in [4.69, 9.17) is 26.7 Å². The van der Waals surface area contributed by atoms with Crippen LogP contribution in [0.3, 0.4) is 0 Å². The van der Waals surface area contributed by atoms with Gasteiger partial charge in [-0.05, 0) is 12.2 Å². The van der Waals surface area contributed by atoms with Crippen LogP contribution in [0.5, 0.6) is 0 Å². The van der Waals surface area contributed by atoms with Gasteiger partial charge in [0.15, 0.2) is 5.11 Å². The maximum Gasteiger partial charge on any atom is 0.492 e. The van der Waals surface area contributed by atoms with Crippen molar-refractivity contribution in [2.45, 2.75) is 30.6 Å². The van der Waals surface area contributed by atoms with Crippen LogP contribution in [0.1, 0.15) is 0 Å². The van der Waals surface area contributed by atoms with Crippen molar-refractivity contribution in [2.75, 3.05) is 6.61 Å². The van der Waals surface area contributed by atoms with Crippen LogP contribution in [-0.2, 0) is 35.9 Å². The monoisotopic (exact) mass is 484 g/mol. The van der Waals surface area contributed by atoms with Crippen LogP contribution >= 0.6 is 35.7 Å². The average molecular weight is 484 g/mol. The Balaban J connectivity index is 1.68. The van der Waals surface area contributed by atoms with Crippen LogP contribution in [0.15, 0.2) is 4.99 Å². The summed E-state index contributed by atoms with van der Waals surface area (Å²) in [5, 5.41) is 32.6. The Morgan fingerprint density at radius 2 is 1.71 bits per heavy atom. The van der Waals surface area contributed by atoms with Gasteiger partial charge in [0, 0.05) is 6.21 Å². The largest absolute Gasteiger partial charge is 0.492 e. The molecule has 19 heteroatoms. The maximum atomic E-state index is 12.2. The first-order valence-electron chi connectivity index (χ1n) is 7.39. The van der Waals surface area contributed by atoms with E-state index >= 15 is 0 Å². The van der Waals surface area contributed by atoms with Crippen LogP contribution in [-0.4, -0.2) is 73.7 Å². The Labute approximate surface area is 162 Å². The number of aliphatic hydroxyl groups is 3. The molecular weight excluding hydrogens is 469 g/mol. The summed E-state index contributed by atoms with van der Waals surface area (Å²) in [6.07, 6.45) is -5.80. The third-order valence-electron chi connectivity index (χ3n) is 3.79. The number of aliphatic hydroxyl groups excluding tert-OH is 3. The van der Waals surface area contributed by atoms with Gasteiger partial charge in [0.2, 0.25) is 0 Å². The van der Waals surface area contributed by atoms with Crippen molar-refractivity contribution in [2.24, 2.45) is 10.9 Å². The minimum Gasteiger partial charge on any atom is -0.388 e. The van der Waals surface area contributed by atoms with E-state index < -0.39 is 66.6 Å². The molecular formula is C9H15N2O13P3S. The van der Waals surface area contributed by atoms with E-state index in [0.29, 0.717) is 0 Å². The molecule has 15 nitrogen and oxygen atoms in total. The highest BCUT2D eigenvalue weighted by molar-refractivity contribution is 7.80. The highest BCUT2D eigenvalue weighted by Gasteiger charge is 2.55. The quantitative estimate of drug-likeness (QED) is 0.203. The molecule has 160 valence electrons. The zero-order valence-electron chi connectivity index (χ0n) is 13.4. The Hall–Kier alpha value is -0.150. The minimum absolute atomic E-state index is 0.00504. The first kappa shape index (κ1) is 22.5. The lowest BCUT2D eigenvalue weighted by Gasteiger charge is -2.30. The molecule has 3 rings (SSSR count). The number of nitrogens with zero attached hydrogens (tertiary/aromatic N) is 1. The number of rotatable bonds is 4. The molecule has 0 radical (unpaired) electrons. The SMILES string of the molecule is O=P1(O)OP(=O)(O)OP(=O)(OCC2OC(C3C=NC(=S)NC3O)C(O)C2O)O1.